The number of nitrogens with zero attached hydrogens (tertiary/aromatic N) is 1. The fraction of sp³-hybridized carbons (Fsp3) is 0.500. The lowest BCUT2D eigenvalue weighted by Gasteiger charge is -2.34. The normalized spacial score (nSPS) is 18.1. The van der Waals surface area contributed by atoms with Gasteiger partial charge in [-0.15, -0.1) is 0 Å². The predicted molar refractivity (Wildman–Crippen MR) is 68.0 cm³/mol. The molecular formula is C12H18N4O2. The van der Waals surface area contributed by atoms with E-state index in [9.17, 15) is 4.79 Å². The molecule has 1 aromatic rings. The smallest absolute Gasteiger partial charge is 0.255 e. The van der Waals surface area contributed by atoms with Crippen LogP contribution in [-0.2, 0) is 4.74 Å². The van der Waals surface area contributed by atoms with E-state index in [2.05, 4.69) is 15.7 Å². The molecule has 0 spiro atoms. The van der Waals surface area contributed by atoms with Gasteiger partial charge >= 0.3 is 0 Å². The topological polar surface area (TPSA) is 89.3 Å². The Balaban J connectivity index is 2.11. The third kappa shape index (κ3) is 2.77. The summed E-state index contributed by atoms with van der Waals surface area (Å²) in [5.41, 5.74) is 3.29. The maximum Gasteiger partial charge on any atom is 0.255 e. The van der Waals surface area contributed by atoms with E-state index in [1.165, 1.54) is 6.20 Å². The number of anilines is 1. The van der Waals surface area contributed by atoms with Crippen molar-refractivity contribution >= 4 is 11.6 Å². The Labute approximate surface area is 106 Å². The molecule has 1 saturated heterocycles. The number of nitrogen functional groups attached to an aromatic ring is 1. The number of ether oxygens (including phenoxy) is 1. The van der Waals surface area contributed by atoms with Gasteiger partial charge in [0.25, 0.3) is 5.91 Å². The van der Waals surface area contributed by atoms with E-state index in [1.807, 2.05) is 6.92 Å². The number of carbonyl (C=O) groups excluding carboxylic acids is 1. The Morgan fingerprint density at radius 3 is 2.89 bits per heavy atom. The standard InChI is InChI=1S/C12H18N4O2/c1-12(3-6-18-7-4-12)15-11(17)9-8-14-5-2-10(9)16-13/h2,5,8H,3-4,6-7,13H2,1H3,(H,14,16)(H,15,17). The van der Waals surface area contributed by atoms with Gasteiger partial charge in [-0.05, 0) is 25.8 Å². The number of aromatic nitrogens is 1. The van der Waals surface area contributed by atoms with Crippen molar-refractivity contribution in [1.82, 2.24) is 10.3 Å². The predicted octanol–water partition coefficient (Wildman–Crippen LogP) is 0.666. The Morgan fingerprint density at radius 1 is 1.50 bits per heavy atom. The zero-order valence-corrected chi connectivity index (χ0v) is 10.4. The van der Waals surface area contributed by atoms with Gasteiger partial charge in [0.1, 0.15) is 0 Å². The van der Waals surface area contributed by atoms with Gasteiger partial charge in [-0.1, -0.05) is 0 Å². The van der Waals surface area contributed by atoms with Crippen LogP contribution in [-0.4, -0.2) is 29.6 Å². The Hall–Kier alpha value is -1.66. The minimum Gasteiger partial charge on any atom is -0.381 e. The fourth-order valence-corrected chi connectivity index (χ4v) is 1.99. The summed E-state index contributed by atoms with van der Waals surface area (Å²) in [4.78, 5) is 16.2. The van der Waals surface area contributed by atoms with E-state index in [-0.39, 0.29) is 11.4 Å². The average Bonchev–Trinajstić information content (AvgIpc) is 2.39. The number of nitrogens with one attached hydrogen (secondary N) is 2. The molecule has 0 saturated carbocycles. The molecular weight excluding hydrogens is 232 g/mol. The molecule has 0 aromatic carbocycles. The molecule has 0 atom stereocenters. The summed E-state index contributed by atoms with van der Waals surface area (Å²) in [6.45, 7) is 3.37. The van der Waals surface area contributed by atoms with Crippen LogP contribution in [0.3, 0.4) is 0 Å². The number of amides is 1. The van der Waals surface area contributed by atoms with Crippen LogP contribution in [0.25, 0.3) is 0 Å². The van der Waals surface area contributed by atoms with Gasteiger partial charge in [0.15, 0.2) is 0 Å². The molecule has 1 aromatic heterocycles. The van der Waals surface area contributed by atoms with Crippen molar-refractivity contribution in [3.05, 3.63) is 24.0 Å². The molecule has 0 bridgehead atoms. The van der Waals surface area contributed by atoms with Crippen molar-refractivity contribution in [1.29, 1.82) is 0 Å². The van der Waals surface area contributed by atoms with Crippen LogP contribution in [0.15, 0.2) is 18.5 Å². The third-order valence-electron chi connectivity index (χ3n) is 3.23. The number of hydrogen-bond acceptors (Lipinski definition) is 5. The number of hydrazine groups is 1. The molecule has 1 aliphatic heterocycles. The van der Waals surface area contributed by atoms with Crippen LogP contribution in [0.1, 0.15) is 30.1 Å². The third-order valence-corrected chi connectivity index (χ3v) is 3.23. The Kier molecular flexibility index (Phi) is 3.78. The lowest BCUT2D eigenvalue weighted by molar-refractivity contribution is 0.0423. The Bertz CT molecular complexity index is 430. The van der Waals surface area contributed by atoms with Crippen LogP contribution in [0.5, 0.6) is 0 Å². The molecule has 2 rings (SSSR count). The zero-order valence-electron chi connectivity index (χ0n) is 10.4. The average molecular weight is 250 g/mol. The minimum absolute atomic E-state index is 0.166. The summed E-state index contributed by atoms with van der Waals surface area (Å²) in [5.74, 6) is 5.21. The van der Waals surface area contributed by atoms with Crippen molar-refractivity contribution < 1.29 is 9.53 Å². The van der Waals surface area contributed by atoms with Gasteiger partial charge in [-0.3, -0.25) is 15.6 Å². The SMILES string of the molecule is CC1(NC(=O)c2cnccc2NN)CCOCC1. The van der Waals surface area contributed by atoms with E-state index in [1.54, 1.807) is 12.3 Å². The van der Waals surface area contributed by atoms with Gasteiger partial charge in [0.05, 0.1) is 11.3 Å². The molecule has 2 heterocycles. The number of carbonyl (C=O) groups is 1. The molecule has 4 N–H and O–H groups in total. The quantitative estimate of drug-likeness (QED) is 0.542. The van der Waals surface area contributed by atoms with Crippen molar-refractivity contribution in [2.45, 2.75) is 25.3 Å². The van der Waals surface area contributed by atoms with E-state index >= 15 is 0 Å². The van der Waals surface area contributed by atoms with E-state index in [0.29, 0.717) is 24.5 Å². The summed E-state index contributed by atoms with van der Waals surface area (Å²) < 4.78 is 5.30. The molecule has 6 heteroatoms. The highest BCUT2D eigenvalue weighted by atomic mass is 16.5. The van der Waals surface area contributed by atoms with Crippen LogP contribution in [0, 0.1) is 0 Å². The first kappa shape index (κ1) is 12.8. The van der Waals surface area contributed by atoms with Crippen LogP contribution in [0.4, 0.5) is 5.69 Å². The molecule has 0 radical (unpaired) electrons. The number of nitrogens with two attached hydrogens (primary N) is 1. The van der Waals surface area contributed by atoms with Crippen molar-refractivity contribution in [3.63, 3.8) is 0 Å². The monoisotopic (exact) mass is 250 g/mol. The first-order valence-electron chi connectivity index (χ1n) is 5.95. The highest BCUT2D eigenvalue weighted by Crippen LogP contribution is 2.21. The van der Waals surface area contributed by atoms with E-state index in [4.69, 9.17) is 10.6 Å². The maximum absolute atomic E-state index is 12.2. The zero-order chi connectivity index (χ0) is 13.0. The van der Waals surface area contributed by atoms with Crippen molar-refractivity contribution in [2.24, 2.45) is 5.84 Å². The van der Waals surface area contributed by atoms with E-state index < -0.39 is 0 Å². The number of hydrogen-bond donors (Lipinski definition) is 3. The molecule has 0 aliphatic carbocycles. The van der Waals surface area contributed by atoms with Gasteiger partial charge < -0.3 is 15.5 Å². The summed E-state index contributed by atoms with van der Waals surface area (Å²) in [7, 11) is 0. The summed E-state index contributed by atoms with van der Waals surface area (Å²) in [5, 5.41) is 3.03. The second kappa shape index (κ2) is 5.32. The molecule has 18 heavy (non-hydrogen) atoms. The maximum atomic E-state index is 12.2. The highest BCUT2D eigenvalue weighted by molar-refractivity contribution is 5.99. The second-order valence-electron chi connectivity index (χ2n) is 4.69. The summed E-state index contributed by atoms with van der Waals surface area (Å²) in [6, 6.07) is 1.67. The first-order valence-corrected chi connectivity index (χ1v) is 5.95. The lowest BCUT2D eigenvalue weighted by Crippen LogP contribution is -2.49. The molecule has 1 fully saturated rings. The van der Waals surface area contributed by atoms with Crippen LogP contribution < -0.4 is 16.6 Å². The molecule has 1 amide bonds. The largest absolute Gasteiger partial charge is 0.381 e. The molecule has 6 nitrogen and oxygen atoms in total. The minimum atomic E-state index is -0.225. The van der Waals surface area contributed by atoms with Crippen molar-refractivity contribution in [3.8, 4) is 0 Å². The lowest BCUT2D eigenvalue weighted by atomic mass is 9.92. The van der Waals surface area contributed by atoms with Gasteiger partial charge in [0.2, 0.25) is 0 Å². The highest BCUT2D eigenvalue weighted by Gasteiger charge is 2.29. The van der Waals surface area contributed by atoms with Crippen molar-refractivity contribution in [2.75, 3.05) is 18.6 Å². The summed E-state index contributed by atoms with van der Waals surface area (Å²) in [6.07, 6.45) is 4.71. The Morgan fingerprint density at radius 2 is 2.22 bits per heavy atom. The van der Waals surface area contributed by atoms with Gasteiger partial charge in [-0.25, -0.2) is 0 Å². The molecule has 1 aliphatic rings. The number of rotatable bonds is 3. The molecule has 98 valence electrons. The van der Waals surface area contributed by atoms with Gasteiger partial charge in [-0.2, -0.15) is 0 Å². The molecule has 0 unspecified atom stereocenters. The second-order valence-corrected chi connectivity index (χ2v) is 4.69. The fourth-order valence-electron chi connectivity index (χ4n) is 1.99. The summed E-state index contributed by atoms with van der Waals surface area (Å²) >= 11 is 0. The van der Waals surface area contributed by atoms with Crippen LogP contribution in [0.2, 0.25) is 0 Å². The van der Waals surface area contributed by atoms with E-state index in [0.717, 1.165) is 12.8 Å². The van der Waals surface area contributed by atoms with Gasteiger partial charge in [0, 0.05) is 31.1 Å². The number of pyridine rings is 1. The first-order chi connectivity index (χ1) is 8.64. The van der Waals surface area contributed by atoms with Crippen LogP contribution >= 0.6 is 0 Å².